The number of halogens is 2. The maximum Gasteiger partial charge on any atom is 0.111 e. The van der Waals surface area contributed by atoms with Crippen LogP contribution >= 0.6 is 24.8 Å². The molecule has 0 spiro atoms. The van der Waals surface area contributed by atoms with Gasteiger partial charge in [0.1, 0.15) is 5.52 Å². The minimum Gasteiger partial charge on any atom is -0.397 e. The van der Waals surface area contributed by atoms with Gasteiger partial charge in [0.2, 0.25) is 0 Å². The van der Waals surface area contributed by atoms with Crippen LogP contribution in [0.4, 0.5) is 5.69 Å². The highest BCUT2D eigenvalue weighted by atomic mass is 35.5. The Morgan fingerprint density at radius 2 is 1.93 bits per heavy atom. The maximum atomic E-state index is 5.88. The number of nitrogens with two attached hydrogens (primary N) is 1. The molecular weight excluding hydrogens is 221 g/mol. The van der Waals surface area contributed by atoms with Crippen molar-refractivity contribution in [3.05, 3.63) is 23.5 Å². The normalized spacial score (nSPS) is 9.29. The van der Waals surface area contributed by atoms with Gasteiger partial charge in [0.25, 0.3) is 0 Å². The van der Waals surface area contributed by atoms with E-state index in [1.807, 2.05) is 13.8 Å². The summed E-state index contributed by atoms with van der Waals surface area (Å²) in [5.41, 5.74) is 10.9. The Labute approximate surface area is 94.9 Å². The first-order chi connectivity index (χ1) is 5.70. The number of benzene rings is 1. The third-order valence-corrected chi connectivity index (χ3v) is 2.28. The van der Waals surface area contributed by atoms with Crippen molar-refractivity contribution in [3.8, 4) is 0 Å². The Balaban J connectivity index is 0.000000845. The predicted molar refractivity (Wildman–Crippen MR) is 64.5 cm³/mol. The molecule has 0 aliphatic rings. The molecule has 2 aromatic rings. The van der Waals surface area contributed by atoms with Crippen LogP contribution < -0.4 is 5.73 Å². The number of anilines is 1. The summed E-state index contributed by atoms with van der Waals surface area (Å²) in [5, 5.41) is 0. The van der Waals surface area contributed by atoms with Gasteiger partial charge in [-0.2, -0.15) is 0 Å². The van der Waals surface area contributed by atoms with Crippen LogP contribution in [0.25, 0.3) is 11.0 Å². The third-order valence-electron chi connectivity index (χ3n) is 2.28. The van der Waals surface area contributed by atoms with Crippen LogP contribution in [-0.4, -0.2) is 9.97 Å². The molecule has 2 rings (SSSR count). The average Bonchev–Trinajstić information content (AvgIpc) is 2.48. The fourth-order valence-corrected chi connectivity index (χ4v) is 1.34. The summed E-state index contributed by atoms with van der Waals surface area (Å²) < 4.78 is 0. The van der Waals surface area contributed by atoms with Crippen molar-refractivity contribution in [2.75, 3.05) is 5.73 Å². The Bertz CT molecular complexity index is 437. The number of aryl methyl sites for hydroxylation is 1. The molecule has 0 fully saturated rings. The topological polar surface area (TPSA) is 54.7 Å². The van der Waals surface area contributed by atoms with E-state index in [2.05, 4.69) is 16.0 Å². The number of rotatable bonds is 0. The largest absolute Gasteiger partial charge is 0.397 e. The second-order valence-corrected chi connectivity index (χ2v) is 3.03. The standard InChI is InChI=1S/C9H11N3.2ClH/c1-5-3-7-9(12-4-11-7)8(10)6(5)2;;/h3-4H,10H2,1-2H3,(H,11,12);2*1H. The second-order valence-electron chi connectivity index (χ2n) is 3.03. The molecule has 0 atom stereocenters. The number of nitrogen functional groups attached to an aromatic ring is 1. The number of aromatic nitrogens is 2. The van der Waals surface area contributed by atoms with E-state index in [1.165, 1.54) is 5.56 Å². The molecule has 0 amide bonds. The van der Waals surface area contributed by atoms with Gasteiger partial charge in [0.05, 0.1) is 17.5 Å². The molecule has 0 aliphatic carbocycles. The van der Waals surface area contributed by atoms with E-state index < -0.39 is 0 Å². The van der Waals surface area contributed by atoms with E-state index in [4.69, 9.17) is 5.73 Å². The van der Waals surface area contributed by atoms with Crippen molar-refractivity contribution in [3.63, 3.8) is 0 Å². The minimum absolute atomic E-state index is 0. The van der Waals surface area contributed by atoms with Crippen LogP contribution in [0.15, 0.2) is 12.4 Å². The van der Waals surface area contributed by atoms with Crippen molar-refractivity contribution in [2.24, 2.45) is 0 Å². The van der Waals surface area contributed by atoms with E-state index in [1.54, 1.807) is 6.33 Å². The van der Waals surface area contributed by atoms with Gasteiger partial charge < -0.3 is 10.7 Å². The van der Waals surface area contributed by atoms with Crippen LogP contribution in [0.3, 0.4) is 0 Å². The van der Waals surface area contributed by atoms with Gasteiger partial charge in [-0.25, -0.2) is 4.98 Å². The lowest BCUT2D eigenvalue weighted by molar-refractivity contribution is 1.34. The van der Waals surface area contributed by atoms with Gasteiger partial charge in [-0.1, -0.05) is 0 Å². The van der Waals surface area contributed by atoms with Crippen molar-refractivity contribution in [1.82, 2.24) is 9.97 Å². The molecule has 0 unspecified atom stereocenters. The van der Waals surface area contributed by atoms with E-state index in [0.717, 1.165) is 22.3 Å². The monoisotopic (exact) mass is 233 g/mol. The lowest BCUT2D eigenvalue weighted by Crippen LogP contribution is -1.93. The first-order valence-corrected chi connectivity index (χ1v) is 3.89. The number of fused-ring (bicyclic) bond motifs is 1. The van der Waals surface area contributed by atoms with Gasteiger partial charge in [0.15, 0.2) is 0 Å². The van der Waals surface area contributed by atoms with E-state index in [9.17, 15) is 0 Å². The van der Waals surface area contributed by atoms with E-state index in [-0.39, 0.29) is 24.8 Å². The van der Waals surface area contributed by atoms with Gasteiger partial charge in [0, 0.05) is 0 Å². The number of imidazole rings is 1. The molecule has 5 heteroatoms. The van der Waals surface area contributed by atoms with Gasteiger partial charge >= 0.3 is 0 Å². The molecule has 3 N–H and O–H groups in total. The lowest BCUT2D eigenvalue weighted by atomic mass is 10.1. The highest BCUT2D eigenvalue weighted by molar-refractivity contribution is 5.89. The van der Waals surface area contributed by atoms with Gasteiger partial charge in [-0.15, -0.1) is 24.8 Å². The highest BCUT2D eigenvalue weighted by Crippen LogP contribution is 2.24. The molecular formula is C9H13Cl2N3. The number of hydrogen-bond acceptors (Lipinski definition) is 2. The Kier molecular flexibility index (Phi) is 4.23. The lowest BCUT2D eigenvalue weighted by Gasteiger charge is -2.03. The molecule has 1 aromatic carbocycles. The smallest absolute Gasteiger partial charge is 0.111 e. The first-order valence-electron chi connectivity index (χ1n) is 3.89. The van der Waals surface area contributed by atoms with E-state index >= 15 is 0 Å². The predicted octanol–water partition coefficient (Wildman–Crippen LogP) is 2.61. The summed E-state index contributed by atoms with van der Waals surface area (Å²) in [5.74, 6) is 0. The molecule has 1 aromatic heterocycles. The summed E-state index contributed by atoms with van der Waals surface area (Å²) in [6, 6.07) is 2.06. The van der Waals surface area contributed by atoms with Crippen molar-refractivity contribution < 1.29 is 0 Å². The number of nitrogens with one attached hydrogen (secondary N) is 1. The molecule has 0 saturated carbocycles. The van der Waals surface area contributed by atoms with Crippen LogP contribution in [0.2, 0.25) is 0 Å². The average molecular weight is 234 g/mol. The van der Waals surface area contributed by atoms with Gasteiger partial charge in [-0.3, -0.25) is 0 Å². The Hall–Kier alpha value is -0.930. The first kappa shape index (κ1) is 13.1. The molecule has 0 bridgehead atoms. The second kappa shape index (κ2) is 4.53. The molecule has 0 aliphatic heterocycles. The molecule has 14 heavy (non-hydrogen) atoms. The van der Waals surface area contributed by atoms with Gasteiger partial charge in [-0.05, 0) is 31.0 Å². The highest BCUT2D eigenvalue weighted by Gasteiger charge is 2.05. The number of H-pyrrole nitrogens is 1. The molecule has 0 radical (unpaired) electrons. The number of aromatic amines is 1. The number of nitrogens with zero attached hydrogens (tertiary/aromatic N) is 1. The summed E-state index contributed by atoms with van der Waals surface area (Å²) in [7, 11) is 0. The third kappa shape index (κ3) is 1.79. The number of hydrogen-bond donors (Lipinski definition) is 2. The minimum atomic E-state index is 0. The zero-order valence-corrected chi connectivity index (χ0v) is 9.63. The summed E-state index contributed by atoms with van der Waals surface area (Å²) in [4.78, 5) is 7.18. The van der Waals surface area contributed by atoms with Crippen molar-refractivity contribution in [1.29, 1.82) is 0 Å². The quantitative estimate of drug-likeness (QED) is 0.688. The van der Waals surface area contributed by atoms with Crippen LogP contribution in [0.5, 0.6) is 0 Å². The zero-order chi connectivity index (χ0) is 8.72. The Morgan fingerprint density at radius 3 is 2.57 bits per heavy atom. The summed E-state index contributed by atoms with van der Waals surface area (Å²) in [6.45, 7) is 4.06. The zero-order valence-electron chi connectivity index (χ0n) is 8.00. The molecule has 3 nitrogen and oxygen atoms in total. The summed E-state index contributed by atoms with van der Waals surface area (Å²) in [6.07, 6.45) is 1.67. The molecule has 78 valence electrons. The molecule has 1 heterocycles. The van der Waals surface area contributed by atoms with Crippen LogP contribution in [-0.2, 0) is 0 Å². The fourth-order valence-electron chi connectivity index (χ4n) is 1.34. The van der Waals surface area contributed by atoms with E-state index in [0.29, 0.717) is 0 Å². The van der Waals surface area contributed by atoms with Crippen LogP contribution in [0, 0.1) is 13.8 Å². The van der Waals surface area contributed by atoms with Crippen molar-refractivity contribution in [2.45, 2.75) is 13.8 Å². The van der Waals surface area contributed by atoms with Crippen LogP contribution in [0.1, 0.15) is 11.1 Å². The maximum absolute atomic E-state index is 5.88. The SMILES string of the molecule is Cc1cc2[nH]cnc2c(N)c1C.Cl.Cl. The summed E-state index contributed by atoms with van der Waals surface area (Å²) >= 11 is 0. The van der Waals surface area contributed by atoms with Crippen molar-refractivity contribution >= 4 is 41.5 Å². The Morgan fingerprint density at radius 1 is 1.29 bits per heavy atom. The molecule has 0 saturated heterocycles. The fraction of sp³-hybridized carbons (Fsp3) is 0.222.